The van der Waals surface area contributed by atoms with Crippen molar-refractivity contribution in [3.8, 4) is 17.0 Å². The van der Waals surface area contributed by atoms with Crippen LogP contribution < -0.4 is 4.74 Å². The number of piperidine rings is 1. The molecule has 2 aromatic rings. The molecule has 0 bridgehead atoms. The molecule has 1 aromatic heterocycles. The molecule has 0 radical (unpaired) electrons. The molecule has 1 saturated heterocycles. The summed E-state index contributed by atoms with van der Waals surface area (Å²) in [6.07, 6.45) is 5.52. The van der Waals surface area contributed by atoms with E-state index in [1.54, 1.807) is 6.20 Å². The zero-order valence-corrected chi connectivity index (χ0v) is 14.2. The molecule has 0 spiro atoms. The third-order valence-corrected chi connectivity index (χ3v) is 4.53. The number of benzene rings is 1. The molecular formula is C19H27N3O. The van der Waals surface area contributed by atoms with E-state index in [0.717, 1.165) is 36.6 Å². The first kappa shape index (κ1) is 16.1. The smallest absolute Gasteiger partial charge is 0.119 e. The van der Waals surface area contributed by atoms with Gasteiger partial charge in [0.15, 0.2) is 0 Å². The molecule has 0 unspecified atom stereocenters. The monoisotopic (exact) mass is 313 g/mol. The number of likely N-dealkylation sites (tertiary alicyclic amines) is 1. The number of hydrogen-bond donors (Lipinski definition) is 1. The van der Waals surface area contributed by atoms with Crippen molar-refractivity contribution in [2.75, 3.05) is 26.2 Å². The second kappa shape index (κ2) is 7.18. The molecule has 1 aliphatic heterocycles. The summed E-state index contributed by atoms with van der Waals surface area (Å²) in [6.45, 7) is 9.11. The second-order valence-electron chi connectivity index (χ2n) is 7.24. The van der Waals surface area contributed by atoms with Crippen molar-refractivity contribution in [2.45, 2.75) is 33.1 Å². The van der Waals surface area contributed by atoms with E-state index in [-0.39, 0.29) is 0 Å². The Bertz CT molecular complexity index is 590. The van der Waals surface area contributed by atoms with Gasteiger partial charge in [0.25, 0.3) is 0 Å². The van der Waals surface area contributed by atoms with E-state index in [1.165, 1.54) is 25.9 Å². The maximum Gasteiger partial charge on any atom is 0.119 e. The fourth-order valence-corrected chi connectivity index (χ4v) is 3.36. The normalized spacial score (nSPS) is 18.0. The highest BCUT2D eigenvalue weighted by Crippen LogP contribution is 2.28. The number of hydrogen-bond acceptors (Lipinski definition) is 3. The van der Waals surface area contributed by atoms with Crippen molar-refractivity contribution in [3.05, 3.63) is 36.5 Å². The molecular weight excluding hydrogens is 286 g/mol. The maximum absolute atomic E-state index is 5.87. The SMILES string of the molecule is CC1(C)CCCN(CCCOc2ccc(-c3ccn[nH]3)cc2)C1. The molecule has 0 saturated carbocycles. The van der Waals surface area contributed by atoms with E-state index in [1.807, 2.05) is 18.2 Å². The predicted molar refractivity (Wildman–Crippen MR) is 93.6 cm³/mol. The van der Waals surface area contributed by atoms with Gasteiger partial charge in [-0.3, -0.25) is 5.10 Å². The van der Waals surface area contributed by atoms with Crippen LogP contribution in [0, 0.1) is 5.41 Å². The van der Waals surface area contributed by atoms with Gasteiger partial charge in [-0.05, 0) is 67.1 Å². The Morgan fingerprint density at radius 1 is 1.22 bits per heavy atom. The van der Waals surface area contributed by atoms with E-state index >= 15 is 0 Å². The third-order valence-electron chi connectivity index (χ3n) is 4.53. The topological polar surface area (TPSA) is 41.1 Å². The minimum atomic E-state index is 0.474. The van der Waals surface area contributed by atoms with Gasteiger partial charge in [0.1, 0.15) is 5.75 Å². The van der Waals surface area contributed by atoms with E-state index < -0.39 is 0 Å². The molecule has 23 heavy (non-hydrogen) atoms. The van der Waals surface area contributed by atoms with Crippen LogP contribution in [0.4, 0.5) is 0 Å². The van der Waals surface area contributed by atoms with Gasteiger partial charge in [0.2, 0.25) is 0 Å². The van der Waals surface area contributed by atoms with E-state index in [2.05, 4.69) is 41.1 Å². The van der Waals surface area contributed by atoms with Gasteiger partial charge in [-0.25, -0.2) is 0 Å². The molecule has 3 rings (SSSR count). The van der Waals surface area contributed by atoms with Crippen molar-refractivity contribution in [1.29, 1.82) is 0 Å². The molecule has 0 aliphatic carbocycles. The number of ether oxygens (including phenoxy) is 1. The molecule has 0 amide bonds. The lowest BCUT2D eigenvalue weighted by atomic mass is 9.84. The molecule has 124 valence electrons. The number of aromatic amines is 1. The predicted octanol–water partition coefficient (Wildman–Crippen LogP) is 3.97. The Hall–Kier alpha value is -1.81. The second-order valence-corrected chi connectivity index (χ2v) is 7.24. The number of nitrogens with zero attached hydrogens (tertiary/aromatic N) is 2. The van der Waals surface area contributed by atoms with Crippen LogP contribution in [-0.4, -0.2) is 41.3 Å². The molecule has 1 fully saturated rings. The highest BCUT2D eigenvalue weighted by atomic mass is 16.5. The molecule has 4 heteroatoms. The van der Waals surface area contributed by atoms with E-state index in [4.69, 9.17) is 4.74 Å². The van der Waals surface area contributed by atoms with Gasteiger partial charge in [-0.15, -0.1) is 0 Å². The average Bonchev–Trinajstić information content (AvgIpc) is 3.06. The van der Waals surface area contributed by atoms with Crippen molar-refractivity contribution in [3.63, 3.8) is 0 Å². The molecule has 2 heterocycles. The van der Waals surface area contributed by atoms with Gasteiger partial charge in [0, 0.05) is 19.3 Å². The van der Waals surface area contributed by atoms with Crippen LogP contribution in [0.3, 0.4) is 0 Å². The molecule has 1 aromatic carbocycles. The van der Waals surface area contributed by atoms with Crippen LogP contribution >= 0.6 is 0 Å². The molecule has 4 nitrogen and oxygen atoms in total. The summed E-state index contributed by atoms with van der Waals surface area (Å²) < 4.78 is 5.87. The fourth-order valence-electron chi connectivity index (χ4n) is 3.36. The Morgan fingerprint density at radius 2 is 2.04 bits per heavy atom. The molecule has 1 N–H and O–H groups in total. The van der Waals surface area contributed by atoms with E-state index in [9.17, 15) is 0 Å². The standard InChI is InChI=1S/C19H27N3O/c1-19(2)10-3-12-22(15-19)13-4-14-23-17-7-5-16(6-8-17)18-9-11-20-21-18/h5-9,11H,3-4,10,12-15H2,1-2H3,(H,20,21). The largest absolute Gasteiger partial charge is 0.494 e. The lowest BCUT2D eigenvalue weighted by Crippen LogP contribution is -2.40. The van der Waals surface area contributed by atoms with Crippen molar-refractivity contribution in [2.24, 2.45) is 5.41 Å². The van der Waals surface area contributed by atoms with Crippen LogP contribution in [0.25, 0.3) is 11.3 Å². The van der Waals surface area contributed by atoms with Crippen LogP contribution in [0.15, 0.2) is 36.5 Å². The summed E-state index contributed by atoms with van der Waals surface area (Å²) in [7, 11) is 0. The summed E-state index contributed by atoms with van der Waals surface area (Å²) in [5.74, 6) is 0.937. The van der Waals surface area contributed by atoms with Crippen molar-refractivity contribution < 1.29 is 4.74 Å². The van der Waals surface area contributed by atoms with Gasteiger partial charge < -0.3 is 9.64 Å². The number of H-pyrrole nitrogens is 1. The average molecular weight is 313 g/mol. The zero-order valence-electron chi connectivity index (χ0n) is 14.2. The maximum atomic E-state index is 5.87. The van der Waals surface area contributed by atoms with Crippen LogP contribution in [0.2, 0.25) is 0 Å². The molecule has 1 aliphatic rings. The van der Waals surface area contributed by atoms with E-state index in [0.29, 0.717) is 5.41 Å². The quantitative estimate of drug-likeness (QED) is 0.821. The Kier molecular flexibility index (Phi) is 5.01. The summed E-state index contributed by atoms with van der Waals surface area (Å²) in [5.41, 5.74) is 2.64. The van der Waals surface area contributed by atoms with Gasteiger partial charge in [0.05, 0.1) is 12.3 Å². The minimum absolute atomic E-state index is 0.474. The van der Waals surface area contributed by atoms with Crippen LogP contribution in [-0.2, 0) is 0 Å². The fraction of sp³-hybridized carbons (Fsp3) is 0.526. The Balaban J connectivity index is 1.41. The van der Waals surface area contributed by atoms with Gasteiger partial charge in [-0.2, -0.15) is 5.10 Å². The first-order valence-electron chi connectivity index (χ1n) is 8.57. The number of rotatable bonds is 6. The zero-order chi connectivity index (χ0) is 16.1. The van der Waals surface area contributed by atoms with Crippen molar-refractivity contribution >= 4 is 0 Å². The highest BCUT2D eigenvalue weighted by molar-refractivity contribution is 5.59. The van der Waals surface area contributed by atoms with Crippen LogP contribution in [0.5, 0.6) is 5.75 Å². The Morgan fingerprint density at radius 3 is 2.74 bits per heavy atom. The summed E-state index contributed by atoms with van der Waals surface area (Å²) in [6, 6.07) is 10.2. The first-order chi connectivity index (χ1) is 11.1. The number of nitrogens with one attached hydrogen (secondary N) is 1. The van der Waals surface area contributed by atoms with Gasteiger partial charge >= 0.3 is 0 Å². The summed E-state index contributed by atoms with van der Waals surface area (Å²) in [5, 5.41) is 6.95. The minimum Gasteiger partial charge on any atom is -0.494 e. The van der Waals surface area contributed by atoms with Gasteiger partial charge in [-0.1, -0.05) is 13.8 Å². The molecule has 0 atom stereocenters. The number of aromatic nitrogens is 2. The Labute approximate surface area is 138 Å². The van der Waals surface area contributed by atoms with Crippen molar-refractivity contribution in [1.82, 2.24) is 15.1 Å². The summed E-state index contributed by atoms with van der Waals surface area (Å²) >= 11 is 0. The third kappa shape index (κ3) is 4.58. The lowest BCUT2D eigenvalue weighted by molar-refractivity contribution is 0.111. The highest BCUT2D eigenvalue weighted by Gasteiger charge is 2.25. The van der Waals surface area contributed by atoms with Crippen LogP contribution in [0.1, 0.15) is 33.1 Å². The lowest BCUT2D eigenvalue weighted by Gasteiger charge is -2.38. The first-order valence-corrected chi connectivity index (χ1v) is 8.57. The summed E-state index contributed by atoms with van der Waals surface area (Å²) in [4.78, 5) is 2.58.